The number of sulfonamides is 1. The van der Waals surface area contributed by atoms with Gasteiger partial charge in [0, 0.05) is 19.1 Å². The van der Waals surface area contributed by atoms with E-state index < -0.39 is 10.0 Å². The van der Waals surface area contributed by atoms with Crippen LogP contribution in [0.15, 0.2) is 30.3 Å². The van der Waals surface area contributed by atoms with Gasteiger partial charge in [-0.25, -0.2) is 13.1 Å². The summed E-state index contributed by atoms with van der Waals surface area (Å²) in [5.41, 5.74) is 1.25. The molecule has 5 heteroatoms. The lowest BCUT2D eigenvalue weighted by Gasteiger charge is -2.12. The number of hydrogen-bond donors (Lipinski definition) is 2. The minimum Gasteiger partial charge on any atom is -0.313 e. The summed E-state index contributed by atoms with van der Waals surface area (Å²) in [5.74, 6) is 0.534. The Balaban J connectivity index is 1.65. The van der Waals surface area contributed by atoms with Crippen LogP contribution in [0.2, 0.25) is 0 Å². The van der Waals surface area contributed by atoms with E-state index in [9.17, 15) is 8.42 Å². The molecule has 1 aliphatic rings. The Labute approximate surface area is 122 Å². The lowest BCUT2D eigenvalue weighted by molar-refractivity contribution is 0.568. The molecule has 20 heavy (non-hydrogen) atoms. The first-order valence-electron chi connectivity index (χ1n) is 7.32. The third-order valence-corrected chi connectivity index (χ3v) is 5.03. The summed E-state index contributed by atoms with van der Waals surface area (Å²) < 4.78 is 26.3. The summed E-state index contributed by atoms with van der Waals surface area (Å²) in [6.45, 7) is 3.17. The molecule has 112 valence electrons. The maximum Gasteiger partial charge on any atom is 0.212 e. The standard InChI is InChI=1S/C15H24N2O2S/c1-13(14-5-3-2-4-6-14)9-10-17-20(18,19)12-11-16-15-7-8-15/h2-6,13,15-17H,7-12H2,1H3. The van der Waals surface area contributed by atoms with Gasteiger partial charge < -0.3 is 5.32 Å². The first kappa shape index (κ1) is 15.5. The molecule has 4 nitrogen and oxygen atoms in total. The average Bonchev–Trinajstić information content (AvgIpc) is 3.23. The predicted octanol–water partition coefficient (Wildman–Crippen LogP) is 1.85. The zero-order chi connectivity index (χ0) is 14.4. The van der Waals surface area contributed by atoms with E-state index in [1.165, 1.54) is 18.4 Å². The van der Waals surface area contributed by atoms with E-state index in [0.29, 0.717) is 25.0 Å². The van der Waals surface area contributed by atoms with Crippen LogP contribution < -0.4 is 10.0 Å². The van der Waals surface area contributed by atoms with Crippen LogP contribution in [-0.2, 0) is 10.0 Å². The highest BCUT2D eigenvalue weighted by Crippen LogP contribution is 2.18. The zero-order valence-corrected chi connectivity index (χ0v) is 12.8. The topological polar surface area (TPSA) is 58.2 Å². The lowest BCUT2D eigenvalue weighted by atomic mass is 9.98. The summed E-state index contributed by atoms with van der Waals surface area (Å²) in [7, 11) is -3.14. The highest BCUT2D eigenvalue weighted by molar-refractivity contribution is 7.89. The molecule has 2 rings (SSSR count). The fraction of sp³-hybridized carbons (Fsp3) is 0.600. The molecule has 1 aromatic carbocycles. The number of nitrogens with one attached hydrogen (secondary N) is 2. The van der Waals surface area contributed by atoms with E-state index in [4.69, 9.17) is 0 Å². The second-order valence-corrected chi connectivity index (χ2v) is 7.47. The molecule has 0 aliphatic heterocycles. The summed E-state index contributed by atoms with van der Waals surface area (Å²) in [4.78, 5) is 0. The van der Waals surface area contributed by atoms with Gasteiger partial charge in [0.15, 0.2) is 0 Å². The third kappa shape index (κ3) is 5.61. The van der Waals surface area contributed by atoms with Gasteiger partial charge in [-0.1, -0.05) is 37.3 Å². The minimum atomic E-state index is -3.14. The summed E-state index contributed by atoms with van der Waals surface area (Å²) in [6, 6.07) is 10.7. The number of hydrogen-bond acceptors (Lipinski definition) is 3. The van der Waals surface area contributed by atoms with Gasteiger partial charge in [0.1, 0.15) is 0 Å². The Kier molecular flexibility index (Phi) is 5.57. The molecule has 1 aromatic rings. The number of benzene rings is 1. The van der Waals surface area contributed by atoms with Gasteiger partial charge in [0.2, 0.25) is 10.0 Å². The van der Waals surface area contributed by atoms with Crippen molar-refractivity contribution in [3.05, 3.63) is 35.9 Å². The Morgan fingerprint density at radius 2 is 1.90 bits per heavy atom. The molecule has 2 N–H and O–H groups in total. The fourth-order valence-electron chi connectivity index (χ4n) is 2.14. The van der Waals surface area contributed by atoms with Crippen LogP contribution >= 0.6 is 0 Å². The van der Waals surface area contributed by atoms with Crippen LogP contribution in [0.1, 0.15) is 37.7 Å². The fourth-order valence-corrected chi connectivity index (χ4v) is 3.10. The zero-order valence-electron chi connectivity index (χ0n) is 12.0. The molecule has 1 fully saturated rings. The molecule has 1 saturated carbocycles. The molecular formula is C15H24N2O2S. The van der Waals surface area contributed by atoms with Crippen molar-refractivity contribution < 1.29 is 8.42 Å². The molecule has 0 heterocycles. The minimum absolute atomic E-state index is 0.170. The van der Waals surface area contributed by atoms with Gasteiger partial charge in [-0.2, -0.15) is 0 Å². The highest BCUT2D eigenvalue weighted by Gasteiger charge is 2.21. The summed E-state index contributed by atoms with van der Waals surface area (Å²) in [6.07, 6.45) is 3.18. The van der Waals surface area contributed by atoms with Crippen molar-refractivity contribution in [2.45, 2.75) is 38.1 Å². The average molecular weight is 296 g/mol. The van der Waals surface area contributed by atoms with E-state index >= 15 is 0 Å². The molecule has 0 bridgehead atoms. The van der Waals surface area contributed by atoms with Crippen molar-refractivity contribution in [3.8, 4) is 0 Å². The van der Waals surface area contributed by atoms with Gasteiger partial charge in [-0.15, -0.1) is 0 Å². The van der Waals surface area contributed by atoms with Gasteiger partial charge in [0.25, 0.3) is 0 Å². The summed E-state index contributed by atoms with van der Waals surface area (Å²) >= 11 is 0. The monoisotopic (exact) mass is 296 g/mol. The maximum absolute atomic E-state index is 11.8. The summed E-state index contributed by atoms with van der Waals surface area (Å²) in [5, 5.41) is 3.22. The second-order valence-electron chi connectivity index (χ2n) is 5.54. The molecule has 0 saturated heterocycles. The Hall–Kier alpha value is -0.910. The van der Waals surface area contributed by atoms with Crippen molar-refractivity contribution >= 4 is 10.0 Å². The van der Waals surface area contributed by atoms with Crippen LogP contribution in [0.3, 0.4) is 0 Å². The smallest absolute Gasteiger partial charge is 0.212 e. The van der Waals surface area contributed by atoms with Crippen molar-refractivity contribution in [3.63, 3.8) is 0 Å². The molecular weight excluding hydrogens is 272 g/mol. The van der Waals surface area contributed by atoms with Crippen molar-refractivity contribution in [1.82, 2.24) is 10.0 Å². The van der Waals surface area contributed by atoms with Gasteiger partial charge in [0.05, 0.1) is 5.75 Å². The molecule has 0 spiro atoms. The Bertz CT molecular complexity index is 498. The van der Waals surface area contributed by atoms with Crippen LogP contribution in [0.25, 0.3) is 0 Å². The first-order valence-corrected chi connectivity index (χ1v) is 8.98. The van der Waals surface area contributed by atoms with E-state index in [1.54, 1.807) is 0 Å². The van der Waals surface area contributed by atoms with Crippen LogP contribution in [0.4, 0.5) is 0 Å². The second kappa shape index (κ2) is 7.20. The van der Waals surface area contributed by atoms with Crippen LogP contribution in [-0.4, -0.2) is 33.3 Å². The van der Waals surface area contributed by atoms with Crippen LogP contribution in [0.5, 0.6) is 0 Å². The van der Waals surface area contributed by atoms with E-state index in [1.807, 2.05) is 18.2 Å². The quantitative estimate of drug-likeness (QED) is 0.731. The van der Waals surface area contributed by atoms with E-state index in [-0.39, 0.29) is 5.75 Å². The van der Waals surface area contributed by atoms with Gasteiger partial charge in [-0.3, -0.25) is 0 Å². The highest BCUT2D eigenvalue weighted by atomic mass is 32.2. The van der Waals surface area contributed by atoms with Gasteiger partial charge in [-0.05, 0) is 30.7 Å². The third-order valence-electron chi connectivity index (χ3n) is 3.65. The first-order chi connectivity index (χ1) is 9.57. The maximum atomic E-state index is 11.8. The lowest BCUT2D eigenvalue weighted by Crippen LogP contribution is -2.33. The molecule has 0 radical (unpaired) electrons. The molecule has 0 amide bonds. The predicted molar refractivity (Wildman–Crippen MR) is 82.3 cm³/mol. The van der Waals surface area contributed by atoms with E-state index in [2.05, 4.69) is 29.1 Å². The van der Waals surface area contributed by atoms with E-state index in [0.717, 1.165) is 6.42 Å². The number of rotatable bonds is 9. The SMILES string of the molecule is CC(CCNS(=O)(=O)CCNC1CC1)c1ccccc1. The Morgan fingerprint density at radius 3 is 2.55 bits per heavy atom. The molecule has 1 atom stereocenters. The Morgan fingerprint density at radius 1 is 1.20 bits per heavy atom. The van der Waals surface area contributed by atoms with Crippen LogP contribution in [0, 0.1) is 0 Å². The molecule has 0 aromatic heterocycles. The molecule has 1 aliphatic carbocycles. The molecule has 1 unspecified atom stereocenters. The van der Waals surface area contributed by atoms with Crippen molar-refractivity contribution in [1.29, 1.82) is 0 Å². The van der Waals surface area contributed by atoms with Gasteiger partial charge >= 0.3 is 0 Å². The largest absolute Gasteiger partial charge is 0.313 e. The normalized spacial score (nSPS) is 17.1. The van der Waals surface area contributed by atoms with Crippen molar-refractivity contribution in [2.24, 2.45) is 0 Å². The van der Waals surface area contributed by atoms with Crippen molar-refractivity contribution in [2.75, 3.05) is 18.8 Å².